The summed E-state index contributed by atoms with van der Waals surface area (Å²) in [5, 5.41) is 0.783. The Kier molecular flexibility index (Phi) is 9.40. The molecule has 0 unspecified atom stereocenters. The van der Waals surface area contributed by atoms with Crippen LogP contribution in [0.5, 0.6) is 11.5 Å². The molecule has 0 bridgehead atoms. The summed E-state index contributed by atoms with van der Waals surface area (Å²) in [4.78, 5) is 18.6. The highest BCUT2D eigenvalue weighted by molar-refractivity contribution is 6.35. The number of carbonyl (C=O) groups excluding carboxylic acids is 1. The van der Waals surface area contributed by atoms with Gasteiger partial charge in [-0.05, 0) is 61.4 Å². The van der Waals surface area contributed by atoms with Crippen molar-refractivity contribution in [3.8, 4) is 11.5 Å². The van der Waals surface area contributed by atoms with Crippen molar-refractivity contribution in [3.63, 3.8) is 0 Å². The molecule has 1 aromatic heterocycles. The lowest BCUT2D eigenvalue weighted by molar-refractivity contribution is -0.377. The number of rotatable bonds is 12. The zero-order valence-corrected chi connectivity index (χ0v) is 23.3. The number of carbonyl (C=O) groups is 1. The number of esters is 1. The molecule has 2 heterocycles. The molecule has 1 saturated heterocycles. The molecule has 2 aliphatic rings. The summed E-state index contributed by atoms with van der Waals surface area (Å²) in [5.41, 5.74) is 2.28. The van der Waals surface area contributed by atoms with Crippen molar-refractivity contribution < 1.29 is 32.8 Å². The molecule has 212 valence electrons. The zero-order chi connectivity index (χ0) is 28.1. The molecule has 1 aliphatic carbocycles. The topological polar surface area (TPSA) is 62.1 Å². The van der Waals surface area contributed by atoms with E-state index in [1.54, 1.807) is 24.5 Å². The Balaban J connectivity index is 1.42. The average Bonchev–Trinajstić information content (AvgIpc) is 3.65. The Hall–Kier alpha value is -2.94. The summed E-state index contributed by atoms with van der Waals surface area (Å²) >= 11 is 12.9. The minimum Gasteiger partial charge on any atom is -0.489 e. The fourth-order valence-corrected chi connectivity index (χ4v) is 5.46. The molecular formula is C30H31Cl2F2N2O4+. The number of nitrogens with zero attached hydrogens (tertiary/aromatic N) is 1. The molecule has 0 radical (unpaired) electrons. The first-order valence-corrected chi connectivity index (χ1v) is 14.2. The van der Waals surface area contributed by atoms with E-state index in [2.05, 4.69) is 9.88 Å². The Morgan fingerprint density at radius 2 is 1.77 bits per heavy atom. The lowest BCUT2D eigenvalue weighted by Crippen LogP contribution is -2.37. The summed E-state index contributed by atoms with van der Waals surface area (Å²) in [6.07, 6.45) is 6.21. The molecule has 0 spiro atoms. The van der Waals surface area contributed by atoms with Crippen LogP contribution in [0.1, 0.15) is 48.5 Å². The standard InChI is InChI=1S/C30H30Cl2F2N2O4/c31-23-15-35-16-24(32)22(23)14-27(21-10-11-26(40-30(33)34)28(13-21)38-18-20-8-9-20)39-29(37)25-7-4-12-36(25)17-19-5-2-1-3-6-19/h1-3,5-6,10-11,13,15-16,20,25,27,30H,4,7-9,12,14,17-18H2/p+1/t25-,27-/m0/s1. The van der Waals surface area contributed by atoms with Crippen LogP contribution in [0.25, 0.3) is 0 Å². The number of likely N-dealkylation sites (tertiary alicyclic amines) is 1. The third-order valence-electron chi connectivity index (χ3n) is 7.24. The number of ether oxygens (including phenoxy) is 3. The van der Waals surface area contributed by atoms with Gasteiger partial charge in [0.25, 0.3) is 0 Å². The van der Waals surface area contributed by atoms with Gasteiger partial charge in [0.1, 0.15) is 22.2 Å². The third-order valence-corrected chi connectivity index (χ3v) is 7.91. The highest BCUT2D eigenvalue weighted by atomic mass is 35.5. The van der Waals surface area contributed by atoms with Gasteiger partial charge < -0.3 is 14.2 Å². The molecule has 2 aromatic carbocycles. The van der Waals surface area contributed by atoms with Crippen molar-refractivity contribution in [2.45, 2.75) is 57.4 Å². The van der Waals surface area contributed by atoms with Gasteiger partial charge in [0.15, 0.2) is 23.9 Å². The van der Waals surface area contributed by atoms with Crippen molar-refractivity contribution in [2.75, 3.05) is 13.2 Å². The lowest BCUT2D eigenvalue weighted by atomic mass is 10.0. The van der Waals surface area contributed by atoms with E-state index in [9.17, 15) is 13.6 Å². The number of aromatic nitrogens is 1. The van der Waals surface area contributed by atoms with Gasteiger partial charge in [-0.3, -0.25) is 9.69 Å². The van der Waals surface area contributed by atoms with Crippen molar-refractivity contribution in [2.24, 2.45) is 5.92 Å². The number of aromatic amines is 1. The van der Waals surface area contributed by atoms with Crippen molar-refractivity contribution in [3.05, 3.63) is 87.7 Å². The molecule has 1 saturated carbocycles. The number of H-pyrrole nitrogens is 1. The number of pyridine rings is 1. The first-order valence-electron chi connectivity index (χ1n) is 13.4. The smallest absolute Gasteiger partial charge is 0.387 e. The van der Waals surface area contributed by atoms with Gasteiger partial charge in [0.05, 0.1) is 6.61 Å². The molecule has 1 N–H and O–H groups in total. The van der Waals surface area contributed by atoms with Crippen LogP contribution in [-0.4, -0.2) is 36.7 Å². The van der Waals surface area contributed by atoms with Crippen molar-refractivity contribution in [1.82, 2.24) is 4.90 Å². The zero-order valence-electron chi connectivity index (χ0n) is 21.8. The summed E-state index contributed by atoms with van der Waals surface area (Å²) in [5.74, 6) is 0.143. The molecule has 40 heavy (non-hydrogen) atoms. The SMILES string of the molecule is O=C(O[C@@H](Cc1c(Cl)c[nH+]cc1Cl)c1ccc(OC(F)F)c(OCC2CC2)c1)[C@@H]1CCCN1Cc1ccccc1. The number of benzene rings is 2. The quantitative estimate of drug-likeness (QED) is 0.220. The minimum atomic E-state index is -3.00. The Labute approximate surface area is 242 Å². The van der Waals surface area contributed by atoms with E-state index in [4.69, 9.17) is 37.4 Å². The monoisotopic (exact) mass is 591 g/mol. The molecule has 3 aromatic rings. The maximum Gasteiger partial charge on any atom is 0.387 e. The molecule has 1 aliphatic heterocycles. The van der Waals surface area contributed by atoms with Crippen LogP contribution in [0.2, 0.25) is 10.0 Å². The summed E-state index contributed by atoms with van der Waals surface area (Å²) in [6.45, 7) is -1.18. The van der Waals surface area contributed by atoms with E-state index in [1.165, 1.54) is 6.07 Å². The predicted molar refractivity (Wildman–Crippen MR) is 147 cm³/mol. The van der Waals surface area contributed by atoms with Crippen LogP contribution in [0, 0.1) is 5.92 Å². The van der Waals surface area contributed by atoms with Gasteiger partial charge in [-0.15, -0.1) is 0 Å². The maximum atomic E-state index is 13.6. The van der Waals surface area contributed by atoms with Gasteiger partial charge in [-0.2, -0.15) is 8.78 Å². The van der Waals surface area contributed by atoms with Gasteiger partial charge in [0.2, 0.25) is 0 Å². The largest absolute Gasteiger partial charge is 0.489 e. The van der Waals surface area contributed by atoms with Crippen LogP contribution < -0.4 is 14.5 Å². The number of hydrogen-bond acceptors (Lipinski definition) is 5. The van der Waals surface area contributed by atoms with Gasteiger partial charge in [0, 0.05) is 18.5 Å². The maximum absolute atomic E-state index is 13.6. The third kappa shape index (κ3) is 7.42. The molecule has 2 fully saturated rings. The minimum absolute atomic E-state index is 0.0697. The van der Waals surface area contributed by atoms with E-state index in [-0.39, 0.29) is 23.9 Å². The second-order valence-corrected chi connectivity index (χ2v) is 11.0. The van der Waals surface area contributed by atoms with Gasteiger partial charge in [-0.1, -0.05) is 59.6 Å². The molecular weight excluding hydrogens is 561 g/mol. The van der Waals surface area contributed by atoms with E-state index in [0.717, 1.165) is 31.4 Å². The van der Waals surface area contributed by atoms with E-state index in [0.29, 0.717) is 46.7 Å². The number of halogens is 4. The van der Waals surface area contributed by atoms with E-state index >= 15 is 0 Å². The van der Waals surface area contributed by atoms with Gasteiger partial charge in [-0.25, -0.2) is 4.98 Å². The Morgan fingerprint density at radius 3 is 2.48 bits per heavy atom. The highest BCUT2D eigenvalue weighted by Crippen LogP contribution is 2.38. The predicted octanol–water partition coefficient (Wildman–Crippen LogP) is 6.69. The van der Waals surface area contributed by atoms with Crippen molar-refractivity contribution in [1.29, 1.82) is 0 Å². The summed E-state index contributed by atoms with van der Waals surface area (Å²) < 4.78 is 42.9. The molecule has 10 heteroatoms. The van der Waals surface area contributed by atoms with Crippen LogP contribution in [-0.2, 0) is 22.5 Å². The van der Waals surface area contributed by atoms with Crippen LogP contribution in [0.15, 0.2) is 60.9 Å². The number of nitrogens with one attached hydrogen (secondary N) is 1. The normalized spacial score (nSPS) is 18.1. The first kappa shape index (κ1) is 28.6. The second-order valence-electron chi connectivity index (χ2n) is 10.2. The molecule has 0 amide bonds. The summed E-state index contributed by atoms with van der Waals surface area (Å²) in [6, 6.07) is 14.2. The Morgan fingerprint density at radius 1 is 1.02 bits per heavy atom. The molecule has 5 rings (SSSR count). The fraction of sp³-hybridized carbons (Fsp3) is 0.400. The van der Waals surface area contributed by atoms with Gasteiger partial charge >= 0.3 is 12.6 Å². The lowest BCUT2D eigenvalue weighted by Gasteiger charge is -2.26. The fourth-order valence-electron chi connectivity index (χ4n) is 4.93. The van der Waals surface area contributed by atoms with E-state index < -0.39 is 18.8 Å². The van der Waals surface area contributed by atoms with E-state index in [1.807, 2.05) is 30.3 Å². The number of alkyl halides is 2. The van der Waals surface area contributed by atoms with Crippen LogP contribution in [0.4, 0.5) is 8.78 Å². The number of hydrogen-bond donors (Lipinski definition) is 0. The average molecular weight is 592 g/mol. The second kappa shape index (κ2) is 13.1. The van der Waals surface area contributed by atoms with Crippen LogP contribution in [0.3, 0.4) is 0 Å². The summed E-state index contributed by atoms with van der Waals surface area (Å²) in [7, 11) is 0. The molecule has 6 nitrogen and oxygen atoms in total. The van der Waals surface area contributed by atoms with Crippen molar-refractivity contribution >= 4 is 29.2 Å². The highest BCUT2D eigenvalue weighted by Gasteiger charge is 2.34. The molecule has 2 atom stereocenters. The Bertz CT molecular complexity index is 1290. The van der Waals surface area contributed by atoms with Crippen LogP contribution >= 0.6 is 23.2 Å². The first-order chi connectivity index (χ1) is 19.4.